The standard InChI is InChI=1S/C20H19ClN4O/c1-13-5-3-4-6-15(13)12-22-19-10-9-17(24-25-19)20(26)23-18-11-16(21)8-7-14(18)2/h3-11H,12H2,1-2H3,(H,22,25)(H,23,26). The molecule has 0 aliphatic carbocycles. The summed E-state index contributed by atoms with van der Waals surface area (Å²) in [6.07, 6.45) is 0. The lowest BCUT2D eigenvalue weighted by Crippen LogP contribution is -2.15. The van der Waals surface area contributed by atoms with Crippen LogP contribution in [0.4, 0.5) is 11.5 Å². The summed E-state index contributed by atoms with van der Waals surface area (Å²) >= 11 is 5.98. The summed E-state index contributed by atoms with van der Waals surface area (Å²) in [5.74, 6) is 0.289. The number of nitrogens with one attached hydrogen (secondary N) is 2. The Labute approximate surface area is 157 Å². The minimum Gasteiger partial charge on any atom is -0.364 e. The molecule has 2 aromatic carbocycles. The van der Waals surface area contributed by atoms with Crippen LogP contribution in [0.1, 0.15) is 27.2 Å². The van der Waals surface area contributed by atoms with Crippen molar-refractivity contribution in [3.05, 3.63) is 82.0 Å². The Morgan fingerprint density at radius 1 is 1.00 bits per heavy atom. The van der Waals surface area contributed by atoms with Crippen molar-refractivity contribution in [1.82, 2.24) is 10.2 Å². The van der Waals surface area contributed by atoms with Crippen molar-refractivity contribution in [2.24, 2.45) is 0 Å². The molecular weight excluding hydrogens is 348 g/mol. The molecule has 0 saturated carbocycles. The zero-order valence-electron chi connectivity index (χ0n) is 14.6. The highest BCUT2D eigenvalue weighted by Gasteiger charge is 2.10. The third kappa shape index (κ3) is 4.37. The minimum absolute atomic E-state index is 0.241. The average Bonchev–Trinajstić information content (AvgIpc) is 2.64. The molecule has 1 heterocycles. The maximum Gasteiger partial charge on any atom is 0.276 e. The Morgan fingerprint density at radius 3 is 2.54 bits per heavy atom. The molecule has 5 nitrogen and oxygen atoms in total. The summed E-state index contributed by atoms with van der Waals surface area (Å²) in [4.78, 5) is 12.3. The summed E-state index contributed by atoms with van der Waals surface area (Å²) in [6, 6.07) is 16.9. The first kappa shape index (κ1) is 17.9. The van der Waals surface area contributed by atoms with Gasteiger partial charge in [-0.25, -0.2) is 0 Å². The molecule has 1 amide bonds. The number of aryl methyl sites for hydroxylation is 2. The quantitative estimate of drug-likeness (QED) is 0.691. The average molecular weight is 367 g/mol. The molecule has 0 saturated heterocycles. The molecule has 0 unspecified atom stereocenters. The van der Waals surface area contributed by atoms with Crippen molar-refractivity contribution >= 4 is 29.0 Å². The zero-order chi connectivity index (χ0) is 18.5. The van der Waals surface area contributed by atoms with Gasteiger partial charge in [0.05, 0.1) is 0 Å². The van der Waals surface area contributed by atoms with Crippen LogP contribution >= 0.6 is 11.6 Å². The molecule has 3 rings (SSSR count). The molecule has 0 fully saturated rings. The second-order valence-corrected chi connectivity index (χ2v) is 6.43. The minimum atomic E-state index is -0.326. The number of anilines is 2. The van der Waals surface area contributed by atoms with Crippen molar-refractivity contribution in [3.8, 4) is 0 Å². The monoisotopic (exact) mass is 366 g/mol. The van der Waals surface area contributed by atoms with Gasteiger partial charge in [0.15, 0.2) is 5.69 Å². The largest absolute Gasteiger partial charge is 0.364 e. The number of carbonyl (C=O) groups is 1. The van der Waals surface area contributed by atoms with Crippen LogP contribution in [-0.2, 0) is 6.54 Å². The lowest BCUT2D eigenvalue weighted by atomic mass is 10.1. The van der Waals surface area contributed by atoms with Crippen molar-refractivity contribution < 1.29 is 4.79 Å². The smallest absolute Gasteiger partial charge is 0.276 e. The fraction of sp³-hybridized carbons (Fsp3) is 0.150. The van der Waals surface area contributed by atoms with Gasteiger partial charge in [-0.15, -0.1) is 10.2 Å². The Kier molecular flexibility index (Phi) is 5.49. The Balaban J connectivity index is 1.64. The van der Waals surface area contributed by atoms with Gasteiger partial charge < -0.3 is 10.6 Å². The van der Waals surface area contributed by atoms with Crippen LogP contribution in [0.25, 0.3) is 0 Å². The van der Waals surface area contributed by atoms with Crippen LogP contribution in [0.15, 0.2) is 54.6 Å². The molecule has 132 valence electrons. The van der Waals surface area contributed by atoms with Gasteiger partial charge in [-0.05, 0) is 54.8 Å². The number of benzene rings is 2. The highest BCUT2D eigenvalue weighted by Crippen LogP contribution is 2.20. The van der Waals surface area contributed by atoms with E-state index in [0.717, 1.165) is 5.56 Å². The summed E-state index contributed by atoms with van der Waals surface area (Å²) in [5.41, 5.74) is 4.22. The third-order valence-corrected chi connectivity index (χ3v) is 4.30. The van der Waals surface area contributed by atoms with E-state index < -0.39 is 0 Å². The van der Waals surface area contributed by atoms with E-state index in [2.05, 4.69) is 39.9 Å². The molecule has 0 spiro atoms. The third-order valence-electron chi connectivity index (χ3n) is 4.07. The summed E-state index contributed by atoms with van der Waals surface area (Å²) in [7, 11) is 0. The first-order chi connectivity index (χ1) is 12.5. The fourth-order valence-electron chi connectivity index (χ4n) is 2.46. The molecule has 0 aliphatic rings. The van der Waals surface area contributed by atoms with Gasteiger partial charge in [-0.2, -0.15) is 0 Å². The van der Waals surface area contributed by atoms with Crippen molar-refractivity contribution in [2.75, 3.05) is 10.6 Å². The Morgan fingerprint density at radius 2 is 1.81 bits per heavy atom. The van der Waals surface area contributed by atoms with Gasteiger partial charge in [0.1, 0.15) is 5.82 Å². The van der Waals surface area contributed by atoms with Gasteiger partial charge in [-0.1, -0.05) is 41.9 Å². The second-order valence-electron chi connectivity index (χ2n) is 6.00. The van der Waals surface area contributed by atoms with Gasteiger partial charge in [-0.3, -0.25) is 4.79 Å². The van der Waals surface area contributed by atoms with E-state index in [9.17, 15) is 4.79 Å². The predicted molar refractivity (Wildman–Crippen MR) is 105 cm³/mol. The molecule has 0 bridgehead atoms. The molecule has 6 heteroatoms. The molecule has 26 heavy (non-hydrogen) atoms. The van der Waals surface area contributed by atoms with E-state index in [1.165, 1.54) is 11.1 Å². The summed E-state index contributed by atoms with van der Waals surface area (Å²) < 4.78 is 0. The Hall–Kier alpha value is -2.92. The van der Waals surface area contributed by atoms with Gasteiger partial charge in [0, 0.05) is 17.3 Å². The van der Waals surface area contributed by atoms with Crippen LogP contribution in [0.2, 0.25) is 5.02 Å². The second kappa shape index (κ2) is 7.97. The van der Waals surface area contributed by atoms with E-state index >= 15 is 0 Å². The molecule has 0 aliphatic heterocycles. The van der Waals surface area contributed by atoms with Gasteiger partial charge in [0.2, 0.25) is 0 Å². The van der Waals surface area contributed by atoms with E-state index in [1.54, 1.807) is 24.3 Å². The molecule has 0 radical (unpaired) electrons. The lowest BCUT2D eigenvalue weighted by Gasteiger charge is -2.09. The van der Waals surface area contributed by atoms with Gasteiger partial charge >= 0.3 is 0 Å². The highest BCUT2D eigenvalue weighted by molar-refractivity contribution is 6.31. The topological polar surface area (TPSA) is 66.9 Å². The molecule has 3 aromatic rings. The number of hydrogen-bond donors (Lipinski definition) is 2. The Bertz CT molecular complexity index is 925. The van der Waals surface area contributed by atoms with Gasteiger partial charge in [0.25, 0.3) is 5.91 Å². The highest BCUT2D eigenvalue weighted by atomic mass is 35.5. The van der Waals surface area contributed by atoms with Crippen molar-refractivity contribution in [1.29, 1.82) is 0 Å². The molecule has 0 atom stereocenters. The number of rotatable bonds is 5. The summed E-state index contributed by atoms with van der Waals surface area (Å²) in [6.45, 7) is 4.61. The molecular formula is C20H19ClN4O. The number of nitrogens with zero attached hydrogens (tertiary/aromatic N) is 2. The first-order valence-electron chi connectivity index (χ1n) is 8.22. The number of aromatic nitrogens is 2. The normalized spacial score (nSPS) is 10.4. The number of halogens is 1. The van der Waals surface area contributed by atoms with Crippen molar-refractivity contribution in [3.63, 3.8) is 0 Å². The first-order valence-corrected chi connectivity index (χ1v) is 8.60. The number of hydrogen-bond acceptors (Lipinski definition) is 4. The SMILES string of the molecule is Cc1ccccc1CNc1ccc(C(=O)Nc2cc(Cl)ccc2C)nn1. The number of carbonyl (C=O) groups excluding carboxylic acids is 1. The molecule has 2 N–H and O–H groups in total. The zero-order valence-corrected chi connectivity index (χ0v) is 15.3. The van der Waals surface area contributed by atoms with Crippen LogP contribution in [0.3, 0.4) is 0 Å². The molecule has 1 aromatic heterocycles. The predicted octanol–water partition coefficient (Wildman–Crippen LogP) is 4.61. The summed E-state index contributed by atoms with van der Waals surface area (Å²) in [5, 5.41) is 14.7. The maximum absolute atomic E-state index is 12.3. The van der Waals surface area contributed by atoms with Crippen LogP contribution in [-0.4, -0.2) is 16.1 Å². The van der Waals surface area contributed by atoms with Crippen molar-refractivity contribution in [2.45, 2.75) is 20.4 Å². The number of amides is 1. The van der Waals surface area contributed by atoms with Crippen LogP contribution in [0.5, 0.6) is 0 Å². The maximum atomic E-state index is 12.3. The van der Waals surface area contributed by atoms with E-state index in [4.69, 9.17) is 11.6 Å². The fourth-order valence-corrected chi connectivity index (χ4v) is 2.63. The van der Waals surface area contributed by atoms with E-state index in [-0.39, 0.29) is 11.6 Å². The van der Waals surface area contributed by atoms with E-state index in [1.807, 2.05) is 25.1 Å². The lowest BCUT2D eigenvalue weighted by molar-refractivity contribution is 0.102. The van der Waals surface area contributed by atoms with E-state index in [0.29, 0.717) is 23.1 Å². The van der Waals surface area contributed by atoms with Crippen LogP contribution < -0.4 is 10.6 Å². The van der Waals surface area contributed by atoms with Crippen LogP contribution in [0, 0.1) is 13.8 Å².